The Labute approximate surface area is 156 Å². The second-order valence-corrected chi connectivity index (χ2v) is 9.43. The van der Waals surface area contributed by atoms with E-state index in [-0.39, 0.29) is 22.9 Å². The van der Waals surface area contributed by atoms with Gasteiger partial charge in [-0.05, 0) is 61.3 Å². The zero-order chi connectivity index (χ0) is 18.7. The maximum absolute atomic E-state index is 12.2. The molecule has 2 fully saturated rings. The number of carbonyl (C=O) groups excluding carboxylic acids is 1. The molecule has 2 atom stereocenters. The predicted molar refractivity (Wildman–Crippen MR) is 103 cm³/mol. The van der Waals surface area contributed by atoms with Crippen LogP contribution in [0.15, 0.2) is 35.2 Å². The van der Waals surface area contributed by atoms with Crippen LogP contribution < -0.4 is 10.0 Å². The number of nitrogens with one attached hydrogen (secondary N) is 2. The van der Waals surface area contributed by atoms with Crippen LogP contribution in [-0.2, 0) is 14.8 Å². The van der Waals surface area contributed by atoms with Crippen LogP contribution >= 0.6 is 0 Å². The third-order valence-electron chi connectivity index (χ3n) is 5.37. The van der Waals surface area contributed by atoms with Crippen LogP contribution in [0.3, 0.4) is 0 Å². The summed E-state index contributed by atoms with van der Waals surface area (Å²) in [6.07, 6.45) is 8.61. The van der Waals surface area contributed by atoms with Gasteiger partial charge in [0.2, 0.25) is 15.9 Å². The Morgan fingerprint density at radius 2 is 1.65 bits per heavy atom. The molecule has 2 aliphatic carbocycles. The standard InChI is InChI=1S/C20H28N2O3S/c1-14-4-3-5-15(2)20(14)21-19(23)13-8-16-6-11-18(12-7-16)26(24,25)22-17-9-10-17/h6-8,11-15,17,20,22H,3-5,9-10H2,1-2H3,(H,21,23)/b13-8+. The lowest BCUT2D eigenvalue weighted by Crippen LogP contribution is -2.45. The third-order valence-corrected chi connectivity index (χ3v) is 6.91. The first-order valence-electron chi connectivity index (χ1n) is 9.46. The highest BCUT2D eigenvalue weighted by atomic mass is 32.2. The van der Waals surface area contributed by atoms with E-state index in [9.17, 15) is 13.2 Å². The highest BCUT2D eigenvalue weighted by molar-refractivity contribution is 7.89. The van der Waals surface area contributed by atoms with Gasteiger partial charge in [0.05, 0.1) is 4.90 Å². The van der Waals surface area contributed by atoms with Crippen molar-refractivity contribution in [3.8, 4) is 0 Å². The lowest BCUT2D eigenvalue weighted by molar-refractivity contribution is -0.118. The topological polar surface area (TPSA) is 75.3 Å². The Morgan fingerprint density at radius 3 is 2.23 bits per heavy atom. The van der Waals surface area contributed by atoms with E-state index in [1.807, 2.05) is 0 Å². The van der Waals surface area contributed by atoms with Crippen molar-refractivity contribution in [3.63, 3.8) is 0 Å². The summed E-state index contributed by atoms with van der Waals surface area (Å²) >= 11 is 0. The molecule has 1 amide bonds. The minimum atomic E-state index is -3.43. The quantitative estimate of drug-likeness (QED) is 0.749. The molecular weight excluding hydrogens is 348 g/mol. The molecule has 6 heteroatoms. The number of hydrogen-bond donors (Lipinski definition) is 2. The van der Waals surface area contributed by atoms with Crippen molar-refractivity contribution in [3.05, 3.63) is 35.9 Å². The normalized spacial score (nSPS) is 26.8. The van der Waals surface area contributed by atoms with E-state index in [2.05, 4.69) is 23.9 Å². The van der Waals surface area contributed by atoms with Gasteiger partial charge in [-0.15, -0.1) is 0 Å². The Morgan fingerprint density at radius 1 is 1.04 bits per heavy atom. The molecule has 0 bridgehead atoms. The van der Waals surface area contributed by atoms with Crippen molar-refractivity contribution >= 4 is 22.0 Å². The van der Waals surface area contributed by atoms with Gasteiger partial charge in [0.1, 0.15) is 0 Å². The molecule has 1 aromatic carbocycles. The second-order valence-electron chi connectivity index (χ2n) is 7.72. The van der Waals surface area contributed by atoms with E-state index in [1.165, 1.54) is 12.5 Å². The van der Waals surface area contributed by atoms with Gasteiger partial charge in [0, 0.05) is 18.2 Å². The van der Waals surface area contributed by atoms with Gasteiger partial charge in [0.25, 0.3) is 0 Å². The van der Waals surface area contributed by atoms with Crippen LogP contribution in [0.5, 0.6) is 0 Å². The molecule has 2 saturated carbocycles. The number of hydrogen-bond acceptors (Lipinski definition) is 3. The van der Waals surface area contributed by atoms with Crippen LogP contribution in [0.25, 0.3) is 6.08 Å². The Balaban J connectivity index is 1.58. The van der Waals surface area contributed by atoms with Gasteiger partial charge in [-0.3, -0.25) is 4.79 Å². The summed E-state index contributed by atoms with van der Waals surface area (Å²) < 4.78 is 27.0. The van der Waals surface area contributed by atoms with Crippen LogP contribution in [0.1, 0.15) is 51.5 Å². The molecule has 0 heterocycles. The first kappa shape index (κ1) is 19.1. The van der Waals surface area contributed by atoms with Crippen LogP contribution in [0.2, 0.25) is 0 Å². The molecule has 0 aliphatic heterocycles. The number of amides is 1. The third kappa shape index (κ3) is 4.95. The van der Waals surface area contributed by atoms with Gasteiger partial charge in [-0.1, -0.05) is 32.4 Å². The van der Waals surface area contributed by atoms with E-state index in [0.717, 1.165) is 31.2 Å². The molecule has 2 aliphatic rings. The van der Waals surface area contributed by atoms with E-state index in [0.29, 0.717) is 11.8 Å². The van der Waals surface area contributed by atoms with E-state index in [1.54, 1.807) is 30.3 Å². The van der Waals surface area contributed by atoms with Gasteiger partial charge >= 0.3 is 0 Å². The maximum atomic E-state index is 12.2. The van der Waals surface area contributed by atoms with Gasteiger partial charge < -0.3 is 5.32 Å². The molecule has 142 valence electrons. The molecule has 0 aromatic heterocycles. The van der Waals surface area contributed by atoms with Gasteiger partial charge in [-0.2, -0.15) is 0 Å². The lowest BCUT2D eigenvalue weighted by Gasteiger charge is -2.34. The monoisotopic (exact) mass is 376 g/mol. The van der Waals surface area contributed by atoms with Crippen molar-refractivity contribution in [2.24, 2.45) is 11.8 Å². The number of sulfonamides is 1. The summed E-state index contributed by atoms with van der Waals surface area (Å²) in [5.74, 6) is 0.904. The van der Waals surface area contributed by atoms with Crippen molar-refractivity contribution in [2.75, 3.05) is 0 Å². The molecule has 3 rings (SSSR count). The van der Waals surface area contributed by atoms with Crippen LogP contribution in [-0.4, -0.2) is 26.4 Å². The van der Waals surface area contributed by atoms with Crippen molar-refractivity contribution in [2.45, 2.75) is 62.9 Å². The predicted octanol–water partition coefficient (Wildman–Crippen LogP) is 3.08. The largest absolute Gasteiger partial charge is 0.349 e. The van der Waals surface area contributed by atoms with E-state index in [4.69, 9.17) is 0 Å². The fourth-order valence-electron chi connectivity index (χ4n) is 3.60. The zero-order valence-corrected chi connectivity index (χ0v) is 16.3. The summed E-state index contributed by atoms with van der Waals surface area (Å²) in [4.78, 5) is 12.5. The van der Waals surface area contributed by atoms with Crippen LogP contribution in [0, 0.1) is 11.8 Å². The van der Waals surface area contributed by atoms with Crippen LogP contribution in [0.4, 0.5) is 0 Å². The Bertz CT molecular complexity index is 757. The fourth-order valence-corrected chi connectivity index (χ4v) is 4.90. The fraction of sp³-hybridized carbons (Fsp3) is 0.550. The average molecular weight is 377 g/mol. The highest BCUT2D eigenvalue weighted by Crippen LogP contribution is 2.28. The van der Waals surface area contributed by atoms with Gasteiger partial charge in [-0.25, -0.2) is 13.1 Å². The molecule has 26 heavy (non-hydrogen) atoms. The smallest absolute Gasteiger partial charge is 0.244 e. The van der Waals surface area contributed by atoms with Crippen molar-refractivity contribution in [1.82, 2.24) is 10.0 Å². The first-order valence-corrected chi connectivity index (χ1v) is 10.9. The molecule has 0 radical (unpaired) electrons. The Hall–Kier alpha value is -1.66. The summed E-state index contributed by atoms with van der Waals surface area (Å²) in [7, 11) is -3.43. The van der Waals surface area contributed by atoms with E-state index < -0.39 is 10.0 Å². The van der Waals surface area contributed by atoms with Crippen molar-refractivity contribution < 1.29 is 13.2 Å². The Kier molecular flexibility index (Phi) is 5.82. The minimum Gasteiger partial charge on any atom is -0.349 e. The van der Waals surface area contributed by atoms with Gasteiger partial charge in [0.15, 0.2) is 0 Å². The number of carbonyl (C=O) groups is 1. The summed E-state index contributed by atoms with van der Waals surface area (Å²) in [6.45, 7) is 4.39. The lowest BCUT2D eigenvalue weighted by atomic mass is 9.79. The second kappa shape index (κ2) is 7.92. The molecule has 2 N–H and O–H groups in total. The molecule has 5 nitrogen and oxygen atoms in total. The first-order chi connectivity index (χ1) is 12.3. The highest BCUT2D eigenvalue weighted by Gasteiger charge is 2.29. The summed E-state index contributed by atoms with van der Waals surface area (Å²) in [5, 5.41) is 3.12. The number of benzene rings is 1. The molecule has 0 spiro atoms. The average Bonchev–Trinajstić information content (AvgIpc) is 3.40. The van der Waals surface area contributed by atoms with Crippen molar-refractivity contribution in [1.29, 1.82) is 0 Å². The maximum Gasteiger partial charge on any atom is 0.244 e. The minimum absolute atomic E-state index is 0.0906. The zero-order valence-electron chi connectivity index (χ0n) is 15.4. The molecular formula is C20H28N2O3S. The molecule has 1 aromatic rings. The summed E-state index contributed by atoms with van der Waals surface area (Å²) in [6, 6.07) is 6.91. The van der Waals surface area contributed by atoms with E-state index >= 15 is 0 Å². The SMILES string of the molecule is CC1CCCC(C)C1NC(=O)/C=C/c1ccc(S(=O)(=O)NC2CC2)cc1. The summed E-state index contributed by atoms with van der Waals surface area (Å²) in [5.41, 5.74) is 0.801. The molecule has 0 saturated heterocycles. The number of rotatable bonds is 6. The molecule has 2 unspecified atom stereocenters.